The van der Waals surface area contributed by atoms with Gasteiger partial charge in [-0.05, 0) is 128 Å². The molecule has 0 aromatic heterocycles. The van der Waals surface area contributed by atoms with Crippen LogP contribution >= 0.6 is 0 Å². The van der Waals surface area contributed by atoms with Gasteiger partial charge in [0.15, 0.2) is 28.8 Å². The number of carbonyl (C=O) groups excluding carboxylic acids is 1. The molecule has 0 fully saturated rings. The second-order valence-electron chi connectivity index (χ2n) is 15.9. The zero-order valence-electron chi connectivity index (χ0n) is 29.6. The maximum absolute atomic E-state index is 14.3. The Morgan fingerprint density at radius 1 is 0.558 bits per heavy atom. The maximum Gasteiger partial charge on any atom is 0.176 e. The number of ketones is 1. The Hall–Kier alpha value is -3.09. The maximum atomic E-state index is 14.3. The molecule has 0 saturated carbocycles. The largest absolute Gasteiger partial charge is 0.493 e. The quantitative estimate of drug-likeness (QED) is 0.252. The standard InChI is InChI=1S/C36H56O7/c1-32(2,3)39-24-21-23(30(28(22-24)38-16)42-35(10,11)12)17-18-25(37)29-26(40-33(4,5)6)19-20-27(41-34(7,8)9)31(29)43-36(13,14)15/h19-22H,17-18H2,1-16H3. The predicted octanol–water partition coefficient (Wildman–Crippen LogP) is 9.40. The van der Waals surface area contributed by atoms with Crippen LogP contribution in [0.15, 0.2) is 24.3 Å². The van der Waals surface area contributed by atoms with Gasteiger partial charge < -0.3 is 28.4 Å². The molecule has 0 aliphatic rings. The lowest BCUT2D eigenvalue weighted by molar-refractivity contribution is 0.0846. The topological polar surface area (TPSA) is 72.5 Å². The fourth-order valence-corrected chi connectivity index (χ4v) is 4.22. The number of benzene rings is 2. The Labute approximate surface area is 260 Å². The van der Waals surface area contributed by atoms with E-state index in [2.05, 4.69) is 0 Å². The molecule has 0 bridgehead atoms. The van der Waals surface area contributed by atoms with Gasteiger partial charge in [0.1, 0.15) is 45.1 Å². The number of hydrogen-bond donors (Lipinski definition) is 0. The molecule has 0 heterocycles. The van der Waals surface area contributed by atoms with E-state index in [4.69, 9.17) is 28.4 Å². The van der Waals surface area contributed by atoms with Crippen LogP contribution in [0.3, 0.4) is 0 Å². The van der Waals surface area contributed by atoms with Crippen molar-refractivity contribution in [1.29, 1.82) is 0 Å². The van der Waals surface area contributed by atoms with Gasteiger partial charge in [-0.2, -0.15) is 0 Å². The minimum absolute atomic E-state index is 0.138. The Bertz CT molecular complexity index is 1260. The van der Waals surface area contributed by atoms with E-state index in [1.54, 1.807) is 13.2 Å². The molecule has 0 N–H and O–H groups in total. The molecule has 2 aromatic rings. The second kappa shape index (κ2) is 12.9. The lowest BCUT2D eigenvalue weighted by atomic mass is 9.98. The van der Waals surface area contributed by atoms with E-state index >= 15 is 0 Å². The number of methoxy groups -OCH3 is 1. The van der Waals surface area contributed by atoms with Gasteiger partial charge in [0, 0.05) is 18.1 Å². The molecule has 43 heavy (non-hydrogen) atoms. The number of Topliss-reactive ketones (excluding diaryl/α,β-unsaturated/α-hetero) is 1. The van der Waals surface area contributed by atoms with E-state index in [1.807, 2.05) is 122 Å². The number of aryl methyl sites for hydroxylation is 1. The van der Waals surface area contributed by atoms with Crippen LogP contribution in [0.5, 0.6) is 34.5 Å². The minimum Gasteiger partial charge on any atom is -0.493 e. The molecule has 7 nitrogen and oxygen atoms in total. The third-order valence-corrected chi connectivity index (χ3v) is 5.38. The van der Waals surface area contributed by atoms with Crippen molar-refractivity contribution in [3.63, 3.8) is 0 Å². The van der Waals surface area contributed by atoms with Crippen molar-refractivity contribution < 1.29 is 33.2 Å². The Morgan fingerprint density at radius 3 is 1.47 bits per heavy atom. The second-order valence-corrected chi connectivity index (χ2v) is 15.9. The molecule has 242 valence electrons. The van der Waals surface area contributed by atoms with Crippen molar-refractivity contribution in [3.8, 4) is 34.5 Å². The number of hydrogen-bond acceptors (Lipinski definition) is 7. The normalized spacial score (nSPS) is 12.9. The molecular weight excluding hydrogens is 544 g/mol. The summed E-state index contributed by atoms with van der Waals surface area (Å²) in [6.45, 7) is 29.5. The fourth-order valence-electron chi connectivity index (χ4n) is 4.22. The summed E-state index contributed by atoms with van der Waals surface area (Å²) in [6, 6.07) is 7.37. The molecule has 0 spiro atoms. The molecule has 0 amide bonds. The van der Waals surface area contributed by atoms with Gasteiger partial charge >= 0.3 is 0 Å². The Morgan fingerprint density at radius 2 is 1.00 bits per heavy atom. The smallest absolute Gasteiger partial charge is 0.176 e. The summed E-state index contributed by atoms with van der Waals surface area (Å²) in [6.07, 6.45) is 0.527. The van der Waals surface area contributed by atoms with Crippen molar-refractivity contribution >= 4 is 5.78 Å². The highest BCUT2D eigenvalue weighted by molar-refractivity contribution is 6.02. The molecule has 2 aromatic carbocycles. The third kappa shape index (κ3) is 12.2. The van der Waals surface area contributed by atoms with Crippen molar-refractivity contribution in [2.24, 2.45) is 0 Å². The predicted molar refractivity (Wildman–Crippen MR) is 174 cm³/mol. The van der Waals surface area contributed by atoms with Crippen LogP contribution in [-0.4, -0.2) is 40.9 Å². The molecule has 2 rings (SSSR count). The van der Waals surface area contributed by atoms with Gasteiger partial charge in [0.05, 0.1) is 7.11 Å². The molecule has 0 unspecified atom stereocenters. The van der Waals surface area contributed by atoms with Crippen molar-refractivity contribution in [3.05, 3.63) is 35.4 Å². The van der Waals surface area contributed by atoms with Gasteiger partial charge in [-0.15, -0.1) is 0 Å². The first-order valence-corrected chi connectivity index (χ1v) is 15.1. The molecule has 0 saturated heterocycles. The highest BCUT2D eigenvalue weighted by atomic mass is 16.5. The van der Waals surface area contributed by atoms with E-state index in [-0.39, 0.29) is 12.2 Å². The van der Waals surface area contributed by atoms with Crippen molar-refractivity contribution in [1.82, 2.24) is 0 Å². The molecule has 7 heteroatoms. The van der Waals surface area contributed by atoms with Crippen LogP contribution in [0.2, 0.25) is 0 Å². The van der Waals surface area contributed by atoms with Gasteiger partial charge in [-0.3, -0.25) is 4.79 Å². The molecule has 0 radical (unpaired) electrons. The third-order valence-electron chi connectivity index (χ3n) is 5.38. The summed E-state index contributed by atoms with van der Waals surface area (Å²) >= 11 is 0. The van der Waals surface area contributed by atoms with Crippen LogP contribution in [0, 0.1) is 0 Å². The molecule has 0 aliphatic heterocycles. The lowest BCUT2D eigenvalue weighted by Gasteiger charge is -2.30. The number of carbonyl (C=O) groups is 1. The van der Waals surface area contributed by atoms with E-state index in [0.717, 1.165) is 5.56 Å². The van der Waals surface area contributed by atoms with Gasteiger partial charge in [-0.1, -0.05) is 0 Å². The number of ether oxygens (including phenoxy) is 6. The van der Waals surface area contributed by atoms with Crippen LogP contribution in [0.25, 0.3) is 0 Å². The highest BCUT2D eigenvalue weighted by Gasteiger charge is 2.31. The average molecular weight is 601 g/mol. The van der Waals surface area contributed by atoms with Crippen LogP contribution in [0.1, 0.15) is 126 Å². The minimum atomic E-state index is -0.592. The summed E-state index contributed by atoms with van der Waals surface area (Å²) in [5.41, 5.74) is -1.38. The summed E-state index contributed by atoms with van der Waals surface area (Å²) in [5.74, 6) is 2.96. The van der Waals surface area contributed by atoms with Gasteiger partial charge in [0.2, 0.25) is 0 Å². The van der Waals surface area contributed by atoms with Crippen molar-refractivity contribution in [2.75, 3.05) is 7.11 Å². The summed E-state index contributed by atoms with van der Waals surface area (Å²) in [7, 11) is 1.60. The summed E-state index contributed by atoms with van der Waals surface area (Å²) in [4.78, 5) is 14.3. The van der Waals surface area contributed by atoms with Gasteiger partial charge in [-0.25, -0.2) is 0 Å². The van der Waals surface area contributed by atoms with Crippen LogP contribution < -0.4 is 28.4 Å². The van der Waals surface area contributed by atoms with Crippen LogP contribution in [0.4, 0.5) is 0 Å². The number of rotatable bonds is 10. The zero-order valence-corrected chi connectivity index (χ0v) is 29.6. The monoisotopic (exact) mass is 600 g/mol. The summed E-state index contributed by atoms with van der Waals surface area (Å²) < 4.78 is 37.4. The first-order chi connectivity index (χ1) is 19.3. The zero-order chi connectivity index (χ0) is 33.2. The van der Waals surface area contributed by atoms with E-state index in [9.17, 15) is 4.79 Å². The highest BCUT2D eigenvalue weighted by Crippen LogP contribution is 2.44. The first-order valence-electron chi connectivity index (χ1n) is 15.1. The van der Waals surface area contributed by atoms with E-state index in [1.165, 1.54) is 0 Å². The average Bonchev–Trinajstić information content (AvgIpc) is 2.75. The van der Waals surface area contributed by atoms with E-state index < -0.39 is 28.0 Å². The van der Waals surface area contributed by atoms with E-state index in [0.29, 0.717) is 46.5 Å². The molecule has 0 atom stereocenters. The molecular formula is C36H56O7. The van der Waals surface area contributed by atoms with Gasteiger partial charge in [0.25, 0.3) is 0 Å². The Kier molecular flexibility index (Phi) is 10.8. The van der Waals surface area contributed by atoms with Crippen molar-refractivity contribution in [2.45, 2.75) is 145 Å². The first kappa shape index (κ1) is 36.1. The van der Waals surface area contributed by atoms with Crippen LogP contribution in [-0.2, 0) is 6.42 Å². The fraction of sp³-hybridized carbons (Fsp3) is 0.639. The summed E-state index contributed by atoms with van der Waals surface area (Å²) in [5, 5.41) is 0. The molecule has 0 aliphatic carbocycles. The lowest BCUT2D eigenvalue weighted by Crippen LogP contribution is -2.29. The SMILES string of the molecule is COc1cc(OC(C)(C)C)cc(CCC(=O)c2c(OC(C)(C)C)ccc(OC(C)(C)C)c2OC(C)(C)C)c1OC(C)(C)C. The Balaban J connectivity index is 2.71.